The van der Waals surface area contributed by atoms with Gasteiger partial charge in [0.15, 0.2) is 0 Å². The van der Waals surface area contributed by atoms with E-state index in [1.807, 2.05) is 0 Å². The number of benzene rings is 1. The van der Waals surface area contributed by atoms with Crippen molar-refractivity contribution in [1.82, 2.24) is 15.1 Å². The Kier molecular flexibility index (Phi) is 5.06. The van der Waals surface area contributed by atoms with Gasteiger partial charge in [0, 0.05) is 38.8 Å². The van der Waals surface area contributed by atoms with E-state index in [0.717, 1.165) is 12.1 Å². The fourth-order valence-electron chi connectivity index (χ4n) is 2.91. The molecule has 2 amide bonds. The number of carbonyl (C=O) groups excluding carboxylic acids is 2. The van der Waals surface area contributed by atoms with Gasteiger partial charge in [-0.05, 0) is 12.1 Å². The maximum absolute atomic E-state index is 13.7. The molecule has 24 heavy (non-hydrogen) atoms. The standard InChI is InChI=1S/C16H19F2N3O3/c17-11-1-2-12(13(18)9-11)15(22)20-4-6-21(7-5-20)16(23)14-10-24-8-3-19-14/h1-2,9,14,19H,3-8,10H2. The Hall–Kier alpha value is -2.06. The van der Waals surface area contributed by atoms with E-state index in [4.69, 9.17) is 4.74 Å². The van der Waals surface area contributed by atoms with Crippen LogP contribution < -0.4 is 5.32 Å². The second kappa shape index (κ2) is 7.23. The number of halogens is 2. The van der Waals surface area contributed by atoms with Crippen LogP contribution in [0.2, 0.25) is 0 Å². The highest BCUT2D eigenvalue weighted by Crippen LogP contribution is 2.14. The van der Waals surface area contributed by atoms with Crippen molar-refractivity contribution >= 4 is 11.8 Å². The van der Waals surface area contributed by atoms with Gasteiger partial charge in [-0.1, -0.05) is 0 Å². The van der Waals surface area contributed by atoms with Crippen LogP contribution in [0, 0.1) is 11.6 Å². The predicted octanol–water partition coefficient (Wildman–Crippen LogP) is 0.238. The minimum absolute atomic E-state index is 0.0465. The summed E-state index contributed by atoms with van der Waals surface area (Å²) in [5.41, 5.74) is -0.154. The van der Waals surface area contributed by atoms with Crippen molar-refractivity contribution in [2.75, 3.05) is 45.9 Å². The number of carbonyl (C=O) groups is 2. The Balaban J connectivity index is 1.58. The van der Waals surface area contributed by atoms with Crippen LogP contribution in [0.5, 0.6) is 0 Å². The molecule has 1 unspecified atom stereocenters. The molecule has 0 saturated carbocycles. The monoisotopic (exact) mass is 339 g/mol. The van der Waals surface area contributed by atoms with Gasteiger partial charge in [0.2, 0.25) is 5.91 Å². The molecule has 2 saturated heterocycles. The maximum Gasteiger partial charge on any atom is 0.256 e. The quantitative estimate of drug-likeness (QED) is 0.838. The zero-order chi connectivity index (χ0) is 17.1. The molecule has 0 bridgehead atoms. The molecule has 1 N–H and O–H groups in total. The largest absolute Gasteiger partial charge is 0.378 e. The van der Waals surface area contributed by atoms with Gasteiger partial charge in [0.1, 0.15) is 17.7 Å². The van der Waals surface area contributed by atoms with E-state index < -0.39 is 17.5 Å². The molecule has 1 atom stereocenters. The summed E-state index contributed by atoms with van der Waals surface area (Å²) in [6, 6.07) is 2.55. The first-order chi connectivity index (χ1) is 11.6. The highest BCUT2D eigenvalue weighted by Gasteiger charge is 2.30. The molecule has 0 radical (unpaired) electrons. The molecular weight excluding hydrogens is 320 g/mol. The lowest BCUT2D eigenvalue weighted by Crippen LogP contribution is -2.57. The number of rotatable bonds is 2. The number of ether oxygens (including phenoxy) is 1. The van der Waals surface area contributed by atoms with Crippen LogP contribution in [-0.2, 0) is 9.53 Å². The molecule has 2 aliphatic heterocycles. The number of hydrogen-bond donors (Lipinski definition) is 1. The van der Waals surface area contributed by atoms with Gasteiger partial charge < -0.3 is 19.9 Å². The number of morpholine rings is 1. The van der Waals surface area contributed by atoms with Crippen molar-refractivity contribution in [2.24, 2.45) is 0 Å². The van der Waals surface area contributed by atoms with Crippen LogP contribution in [0.25, 0.3) is 0 Å². The second-order valence-electron chi connectivity index (χ2n) is 5.82. The van der Waals surface area contributed by atoms with Gasteiger partial charge in [-0.25, -0.2) is 8.78 Å². The summed E-state index contributed by atoms with van der Waals surface area (Å²) in [7, 11) is 0. The average molecular weight is 339 g/mol. The predicted molar refractivity (Wildman–Crippen MR) is 81.5 cm³/mol. The molecular formula is C16H19F2N3O3. The first kappa shape index (κ1) is 16.8. The number of amides is 2. The Morgan fingerprint density at radius 1 is 1.12 bits per heavy atom. The topological polar surface area (TPSA) is 61.9 Å². The summed E-state index contributed by atoms with van der Waals surface area (Å²) in [5.74, 6) is -2.13. The van der Waals surface area contributed by atoms with Gasteiger partial charge >= 0.3 is 0 Å². The first-order valence-corrected chi connectivity index (χ1v) is 7.90. The number of nitrogens with zero attached hydrogens (tertiary/aromatic N) is 2. The van der Waals surface area contributed by atoms with Crippen molar-refractivity contribution in [2.45, 2.75) is 6.04 Å². The highest BCUT2D eigenvalue weighted by atomic mass is 19.1. The van der Waals surface area contributed by atoms with Crippen LogP contribution in [0.15, 0.2) is 18.2 Å². The maximum atomic E-state index is 13.7. The summed E-state index contributed by atoms with van der Waals surface area (Å²) < 4.78 is 32.0. The van der Waals surface area contributed by atoms with Gasteiger partial charge in [-0.15, -0.1) is 0 Å². The van der Waals surface area contributed by atoms with Crippen LogP contribution in [-0.4, -0.2) is 73.6 Å². The van der Waals surface area contributed by atoms with Gasteiger partial charge in [-0.2, -0.15) is 0 Å². The van der Waals surface area contributed by atoms with Gasteiger partial charge in [0.25, 0.3) is 5.91 Å². The number of hydrogen-bond acceptors (Lipinski definition) is 4. The van der Waals surface area contributed by atoms with E-state index in [0.29, 0.717) is 52.0 Å². The average Bonchev–Trinajstić information content (AvgIpc) is 2.61. The molecule has 3 rings (SSSR count). The molecule has 1 aromatic carbocycles. The summed E-state index contributed by atoms with van der Waals surface area (Å²) in [4.78, 5) is 27.9. The van der Waals surface area contributed by atoms with E-state index in [1.54, 1.807) is 4.90 Å². The molecule has 0 aromatic heterocycles. The Labute approximate surface area is 138 Å². The third-order valence-corrected chi connectivity index (χ3v) is 4.26. The van der Waals surface area contributed by atoms with Crippen LogP contribution >= 0.6 is 0 Å². The van der Waals surface area contributed by atoms with Gasteiger partial charge in [-0.3, -0.25) is 9.59 Å². The van der Waals surface area contributed by atoms with Crippen molar-refractivity contribution in [3.8, 4) is 0 Å². The van der Waals surface area contributed by atoms with Gasteiger partial charge in [0.05, 0.1) is 18.8 Å². The fourth-order valence-corrected chi connectivity index (χ4v) is 2.91. The molecule has 130 valence electrons. The molecule has 2 aliphatic rings. The molecule has 0 spiro atoms. The van der Waals surface area contributed by atoms with E-state index in [9.17, 15) is 18.4 Å². The molecule has 2 heterocycles. The zero-order valence-electron chi connectivity index (χ0n) is 13.1. The van der Waals surface area contributed by atoms with Crippen molar-refractivity contribution < 1.29 is 23.1 Å². The Morgan fingerprint density at radius 3 is 2.46 bits per heavy atom. The second-order valence-corrected chi connectivity index (χ2v) is 5.82. The zero-order valence-corrected chi connectivity index (χ0v) is 13.1. The van der Waals surface area contributed by atoms with E-state index in [2.05, 4.69) is 5.32 Å². The fraction of sp³-hybridized carbons (Fsp3) is 0.500. The lowest BCUT2D eigenvalue weighted by Gasteiger charge is -2.37. The van der Waals surface area contributed by atoms with Crippen LogP contribution in [0.1, 0.15) is 10.4 Å². The third-order valence-electron chi connectivity index (χ3n) is 4.26. The minimum atomic E-state index is -0.873. The van der Waals surface area contributed by atoms with Crippen LogP contribution in [0.4, 0.5) is 8.78 Å². The van der Waals surface area contributed by atoms with E-state index in [-0.39, 0.29) is 17.5 Å². The number of piperazine rings is 1. The van der Waals surface area contributed by atoms with Crippen molar-refractivity contribution in [3.05, 3.63) is 35.4 Å². The molecule has 2 fully saturated rings. The molecule has 8 heteroatoms. The summed E-state index contributed by atoms with van der Waals surface area (Å²) >= 11 is 0. The normalized spacial score (nSPS) is 21.7. The lowest BCUT2D eigenvalue weighted by molar-refractivity contribution is -0.137. The summed E-state index contributed by atoms with van der Waals surface area (Å²) in [6.07, 6.45) is 0. The molecule has 6 nitrogen and oxygen atoms in total. The van der Waals surface area contributed by atoms with E-state index >= 15 is 0 Å². The van der Waals surface area contributed by atoms with Crippen molar-refractivity contribution in [1.29, 1.82) is 0 Å². The minimum Gasteiger partial charge on any atom is -0.378 e. The lowest BCUT2D eigenvalue weighted by atomic mass is 10.1. The molecule has 1 aromatic rings. The first-order valence-electron chi connectivity index (χ1n) is 7.90. The molecule has 0 aliphatic carbocycles. The van der Waals surface area contributed by atoms with Crippen LogP contribution in [0.3, 0.4) is 0 Å². The van der Waals surface area contributed by atoms with E-state index in [1.165, 1.54) is 4.90 Å². The third kappa shape index (κ3) is 3.54. The SMILES string of the molecule is O=C(c1ccc(F)cc1F)N1CCN(C(=O)C2COCCN2)CC1. The van der Waals surface area contributed by atoms with Crippen molar-refractivity contribution in [3.63, 3.8) is 0 Å². The summed E-state index contributed by atoms with van der Waals surface area (Å²) in [6.45, 7) is 2.97. The number of nitrogens with one attached hydrogen (secondary N) is 1. The Morgan fingerprint density at radius 2 is 1.83 bits per heavy atom. The Bertz CT molecular complexity index is 627. The highest BCUT2D eigenvalue weighted by molar-refractivity contribution is 5.94. The summed E-state index contributed by atoms with van der Waals surface area (Å²) in [5, 5.41) is 3.11. The smallest absolute Gasteiger partial charge is 0.256 e.